The van der Waals surface area contributed by atoms with Gasteiger partial charge in [-0.15, -0.1) is 11.8 Å². The molecule has 20 heavy (non-hydrogen) atoms. The van der Waals surface area contributed by atoms with Gasteiger partial charge in [-0.05, 0) is 42.2 Å². The SMILES string of the molecule is Cc1ccccc1NCCSc1ccc(C(C)C)cc1. The number of nitrogens with one attached hydrogen (secondary N) is 1. The molecule has 0 aromatic heterocycles. The summed E-state index contributed by atoms with van der Waals surface area (Å²) in [5, 5.41) is 3.49. The van der Waals surface area contributed by atoms with Crippen molar-refractivity contribution in [3.05, 3.63) is 59.7 Å². The lowest BCUT2D eigenvalue weighted by Gasteiger charge is -2.09. The van der Waals surface area contributed by atoms with Gasteiger partial charge in [0, 0.05) is 22.9 Å². The molecule has 0 aliphatic carbocycles. The second-order valence-electron chi connectivity index (χ2n) is 5.31. The van der Waals surface area contributed by atoms with Crippen molar-refractivity contribution in [2.75, 3.05) is 17.6 Å². The van der Waals surface area contributed by atoms with Gasteiger partial charge >= 0.3 is 0 Å². The molecular formula is C18H23NS. The Kier molecular flexibility index (Phi) is 5.54. The van der Waals surface area contributed by atoms with Crippen LogP contribution in [0.15, 0.2) is 53.4 Å². The number of hydrogen-bond acceptors (Lipinski definition) is 2. The van der Waals surface area contributed by atoms with Crippen molar-refractivity contribution < 1.29 is 0 Å². The summed E-state index contributed by atoms with van der Waals surface area (Å²) in [5.41, 5.74) is 3.95. The van der Waals surface area contributed by atoms with E-state index in [4.69, 9.17) is 0 Å². The Balaban J connectivity index is 1.77. The molecule has 1 N–H and O–H groups in total. The van der Waals surface area contributed by atoms with Crippen LogP contribution in [0.2, 0.25) is 0 Å². The van der Waals surface area contributed by atoms with Gasteiger partial charge in [0.1, 0.15) is 0 Å². The summed E-state index contributed by atoms with van der Waals surface area (Å²) in [6.07, 6.45) is 0. The topological polar surface area (TPSA) is 12.0 Å². The van der Waals surface area contributed by atoms with Crippen molar-refractivity contribution in [3.63, 3.8) is 0 Å². The van der Waals surface area contributed by atoms with Crippen LogP contribution in [-0.2, 0) is 0 Å². The van der Waals surface area contributed by atoms with Crippen LogP contribution in [0.25, 0.3) is 0 Å². The lowest BCUT2D eigenvalue weighted by molar-refractivity contribution is 0.865. The van der Waals surface area contributed by atoms with Crippen molar-refractivity contribution in [1.82, 2.24) is 0 Å². The summed E-state index contributed by atoms with van der Waals surface area (Å²) in [5.74, 6) is 1.69. The number of aryl methyl sites for hydroxylation is 1. The van der Waals surface area contributed by atoms with E-state index in [0.717, 1.165) is 12.3 Å². The molecule has 0 saturated heterocycles. The van der Waals surface area contributed by atoms with E-state index in [1.807, 2.05) is 11.8 Å². The standard InChI is InChI=1S/C18H23NS/c1-14(2)16-8-10-17(11-9-16)20-13-12-19-18-7-5-4-6-15(18)3/h4-11,14,19H,12-13H2,1-3H3. The average Bonchev–Trinajstić information content (AvgIpc) is 2.46. The zero-order chi connectivity index (χ0) is 14.4. The fourth-order valence-corrected chi connectivity index (χ4v) is 2.84. The number of thioether (sulfide) groups is 1. The lowest BCUT2D eigenvalue weighted by Crippen LogP contribution is -2.05. The fraction of sp³-hybridized carbons (Fsp3) is 0.333. The molecule has 0 saturated carbocycles. The van der Waals surface area contributed by atoms with Gasteiger partial charge in [0.2, 0.25) is 0 Å². The Labute approximate surface area is 126 Å². The molecule has 2 rings (SSSR count). The van der Waals surface area contributed by atoms with Crippen LogP contribution in [-0.4, -0.2) is 12.3 Å². The molecule has 0 heterocycles. The van der Waals surface area contributed by atoms with Gasteiger partial charge in [-0.25, -0.2) is 0 Å². The summed E-state index contributed by atoms with van der Waals surface area (Å²) >= 11 is 1.90. The van der Waals surface area contributed by atoms with Crippen molar-refractivity contribution in [2.45, 2.75) is 31.6 Å². The summed E-state index contributed by atoms with van der Waals surface area (Å²) in [6.45, 7) is 7.59. The van der Waals surface area contributed by atoms with Crippen molar-refractivity contribution in [1.29, 1.82) is 0 Å². The second-order valence-corrected chi connectivity index (χ2v) is 6.48. The monoisotopic (exact) mass is 285 g/mol. The molecule has 0 aliphatic heterocycles. The van der Waals surface area contributed by atoms with Crippen molar-refractivity contribution in [3.8, 4) is 0 Å². The van der Waals surface area contributed by atoms with Gasteiger partial charge in [0.15, 0.2) is 0 Å². The molecule has 106 valence electrons. The quantitative estimate of drug-likeness (QED) is 0.569. The van der Waals surface area contributed by atoms with Gasteiger partial charge in [-0.1, -0.05) is 44.2 Å². The van der Waals surface area contributed by atoms with E-state index in [0.29, 0.717) is 5.92 Å². The molecule has 0 spiro atoms. The summed E-state index contributed by atoms with van der Waals surface area (Å²) in [7, 11) is 0. The normalized spacial score (nSPS) is 10.8. The summed E-state index contributed by atoms with van der Waals surface area (Å²) in [4.78, 5) is 1.35. The van der Waals surface area contributed by atoms with Crippen molar-refractivity contribution in [2.24, 2.45) is 0 Å². The predicted molar refractivity (Wildman–Crippen MR) is 90.9 cm³/mol. The van der Waals surface area contributed by atoms with Gasteiger partial charge in [-0.3, -0.25) is 0 Å². The minimum absolute atomic E-state index is 0.608. The van der Waals surface area contributed by atoms with Gasteiger partial charge in [-0.2, -0.15) is 0 Å². The maximum Gasteiger partial charge on any atom is 0.0370 e. The smallest absolute Gasteiger partial charge is 0.0370 e. The largest absolute Gasteiger partial charge is 0.384 e. The van der Waals surface area contributed by atoms with E-state index in [2.05, 4.69) is 74.6 Å². The van der Waals surface area contributed by atoms with E-state index in [1.54, 1.807) is 0 Å². The van der Waals surface area contributed by atoms with Crippen LogP contribution in [0, 0.1) is 6.92 Å². The molecule has 0 fully saturated rings. The Bertz CT molecular complexity index is 531. The molecule has 0 unspecified atom stereocenters. The van der Waals surface area contributed by atoms with E-state index >= 15 is 0 Å². The number of hydrogen-bond donors (Lipinski definition) is 1. The van der Waals surface area contributed by atoms with E-state index in [9.17, 15) is 0 Å². The van der Waals surface area contributed by atoms with Gasteiger partial charge in [0.25, 0.3) is 0 Å². The Morgan fingerprint density at radius 2 is 1.70 bits per heavy atom. The van der Waals surface area contributed by atoms with Crippen LogP contribution < -0.4 is 5.32 Å². The summed E-state index contributed by atoms with van der Waals surface area (Å²) < 4.78 is 0. The Morgan fingerprint density at radius 3 is 2.35 bits per heavy atom. The molecule has 0 amide bonds. The highest BCUT2D eigenvalue weighted by atomic mass is 32.2. The average molecular weight is 285 g/mol. The minimum atomic E-state index is 0.608. The molecule has 1 nitrogen and oxygen atoms in total. The molecule has 2 aromatic carbocycles. The third-order valence-electron chi connectivity index (χ3n) is 3.38. The first kappa shape index (κ1) is 15.0. The lowest BCUT2D eigenvalue weighted by atomic mass is 10.0. The molecule has 0 bridgehead atoms. The Hall–Kier alpha value is -1.41. The van der Waals surface area contributed by atoms with Crippen LogP contribution in [0.3, 0.4) is 0 Å². The summed E-state index contributed by atoms with van der Waals surface area (Å²) in [6, 6.07) is 17.4. The van der Waals surface area contributed by atoms with Crippen LogP contribution in [0.1, 0.15) is 30.9 Å². The third-order valence-corrected chi connectivity index (χ3v) is 4.39. The minimum Gasteiger partial charge on any atom is -0.384 e. The first-order valence-electron chi connectivity index (χ1n) is 7.19. The maximum atomic E-state index is 3.49. The zero-order valence-corrected chi connectivity index (χ0v) is 13.3. The maximum absolute atomic E-state index is 3.49. The molecule has 0 atom stereocenters. The van der Waals surface area contributed by atoms with E-state index in [-0.39, 0.29) is 0 Å². The first-order chi connectivity index (χ1) is 9.66. The van der Waals surface area contributed by atoms with Crippen LogP contribution >= 0.6 is 11.8 Å². The molecule has 0 radical (unpaired) electrons. The van der Waals surface area contributed by atoms with Crippen LogP contribution in [0.4, 0.5) is 5.69 Å². The Morgan fingerprint density at radius 1 is 1.00 bits per heavy atom. The number of anilines is 1. The molecular weight excluding hydrogens is 262 g/mol. The molecule has 0 aliphatic rings. The second kappa shape index (κ2) is 7.39. The molecule has 2 aromatic rings. The first-order valence-corrected chi connectivity index (χ1v) is 8.17. The van der Waals surface area contributed by atoms with Crippen molar-refractivity contribution >= 4 is 17.4 Å². The highest BCUT2D eigenvalue weighted by Gasteiger charge is 2.00. The van der Waals surface area contributed by atoms with E-state index in [1.165, 1.54) is 21.7 Å². The fourth-order valence-electron chi connectivity index (χ4n) is 2.07. The number of benzene rings is 2. The zero-order valence-electron chi connectivity index (χ0n) is 12.5. The predicted octanol–water partition coefficient (Wildman–Crippen LogP) is 5.32. The highest BCUT2D eigenvalue weighted by Crippen LogP contribution is 2.22. The van der Waals surface area contributed by atoms with Crippen LogP contribution in [0.5, 0.6) is 0 Å². The number of rotatable bonds is 6. The highest BCUT2D eigenvalue weighted by molar-refractivity contribution is 7.99. The van der Waals surface area contributed by atoms with Gasteiger partial charge in [0.05, 0.1) is 0 Å². The number of para-hydroxylation sites is 1. The van der Waals surface area contributed by atoms with Gasteiger partial charge < -0.3 is 5.32 Å². The van der Waals surface area contributed by atoms with E-state index < -0.39 is 0 Å². The third kappa shape index (κ3) is 4.31. The molecule has 2 heteroatoms.